The molecule has 0 saturated heterocycles. The maximum Gasteiger partial charge on any atom is 0.150 e. The van der Waals surface area contributed by atoms with Crippen molar-refractivity contribution in [2.45, 2.75) is 0 Å². The normalized spacial score (nSPS) is 8.67. The summed E-state index contributed by atoms with van der Waals surface area (Å²) < 4.78 is 0. The number of carbonyl (C=O) groups excluding carboxylic acids is 2. The highest BCUT2D eigenvalue weighted by molar-refractivity contribution is 5.79. The summed E-state index contributed by atoms with van der Waals surface area (Å²) in [5, 5.41) is 0. The number of aldehydes is 2. The maximum absolute atomic E-state index is 10.1. The van der Waals surface area contributed by atoms with E-state index in [-0.39, 0.29) is 0 Å². The zero-order valence-corrected chi connectivity index (χ0v) is 13.2. The van der Waals surface area contributed by atoms with E-state index in [1.165, 1.54) is 0 Å². The van der Waals surface area contributed by atoms with Crippen LogP contribution in [0.1, 0.15) is 20.7 Å². The molecule has 0 spiro atoms. The summed E-state index contributed by atoms with van der Waals surface area (Å²) in [5.74, 6) is 0. The van der Waals surface area contributed by atoms with E-state index < -0.39 is 0 Å². The molecule has 0 bridgehead atoms. The van der Waals surface area contributed by atoms with Crippen LogP contribution in [0.25, 0.3) is 0 Å². The number of carbonyl (C=O) groups is 2. The number of hydrogen-bond donors (Lipinski definition) is 2. The summed E-state index contributed by atoms with van der Waals surface area (Å²) in [4.78, 5) is 20.2. The van der Waals surface area contributed by atoms with Crippen molar-refractivity contribution in [3.05, 3.63) is 96.1 Å². The zero-order valence-electron chi connectivity index (χ0n) is 13.2. The van der Waals surface area contributed by atoms with Crippen LogP contribution in [0.2, 0.25) is 0 Å². The lowest BCUT2D eigenvalue weighted by Crippen LogP contribution is -1.81. The molecule has 4 heteroatoms. The molecule has 3 rings (SSSR count). The Bertz CT molecular complexity index is 647. The second-order valence-corrected chi connectivity index (χ2v) is 4.72. The van der Waals surface area contributed by atoms with Crippen molar-refractivity contribution in [3.8, 4) is 0 Å². The van der Waals surface area contributed by atoms with Gasteiger partial charge in [-0.25, -0.2) is 0 Å². The van der Waals surface area contributed by atoms with Crippen molar-refractivity contribution in [3.63, 3.8) is 0 Å². The van der Waals surface area contributed by atoms with Crippen molar-refractivity contribution in [1.29, 1.82) is 0 Å². The molecule has 0 heterocycles. The standard InChI is InChI=1S/C8H6O2.2C6H7N/c9-5-7-1-2-8(6-10)4-3-7;2*7-6-4-2-1-3-5-6/h1-6H;2*1-5H,7H2. The number of benzene rings is 3. The van der Waals surface area contributed by atoms with Crippen LogP contribution in [-0.4, -0.2) is 12.6 Å². The summed E-state index contributed by atoms with van der Waals surface area (Å²) in [6.45, 7) is 0. The second-order valence-electron chi connectivity index (χ2n) is 4.72. The Hall–Kier alpha value is -3.40. The van der Waals surface area contributed by atoms with E-state index in [2.05, 4.69) is 0 Å². The van der Waals surface area contributed by atoms with Crippen LogP contribution in [0, 0.1) is 0 Å². The fraction of sp³-hybridized carbons (Fsp3) is 0. The Labute approximate surface area is 141 Å². The molecular weight excluding hydrogens is 300 g/mol. The highest BCUT2D eigenvalue weighted by Gasteiger charge is 1.89. The molecule has 0 aliphatic carbocycles. The molecule has 0 unspecified atom stereocenters. The molecule has 0 aromatic heterocycles. The lowest BCUT2D eigenvalue weighted by molar-refractivity contribution is 0.111. The Balaban J connectivity index is 0.000000185. The van der Waals surface area contributed by atoms with Gasteiger partial charge in [-0.2, -0.15) is 0 Å². The minimum atomic E-state index is 0.589. The minimum Gasteiger partial charge on any atom is -0.399 e. The summed E-state index contributed by atoms with van der Waals surface area (Å²) >= 11 is 0. The van der Waals surface area contributed by atoms with Gasteiger partial charge in [0.2, 0.25) is 0 Å². The van der Waals surface area contributed by atoms with E-state index in [0.29, 0.717) is 11.1 Å². The SMILES string of the molecule is Nc1ccccc1.Nc1ccccc1.O=Cc1ccc(C=O)cc1. The molecule has 0 radical (unpaired) electrons. The zero-order chi connectivity index (χ0) is 17.6. The first-order chi connectivity index (χ1) is 11.7. The summed E-state index contributed by atoms with van der Waals surface area (Å²) in [5.41, 5.74) is 13.5. The Morgan fingerprint density at radius 1 is 0.500 bits per heavy atom. The van der Waals surface area contributed by atoms with Crippen molar-refractivity contribution in [2.75, 3.05) is 11.5 Å². The molecule has 24 heavy (non-hydrogen) atoms. The van der Waals surface area contributed by atoms with Crippen molar-refractivity contribution >= 4 is 23.9 Å². The monoisotopic (exact) mass is 320 g/mol. The summed E-state index contributed by atoms with van der Waals surface area (Å²) in [7, 11) is 0. The van der Waals surface area contributed by atoms with Crippen LogP contribution in [0.3, 0.4) is 0 Å². The molecule has 4 nitrogen and oxygen atoms in total. The smallest absolute Gasteiger partial charge is 0.150 e. The first kappa shape index (κ1) is 18.6. The molecule has 122 valence electrons. The predicted molar refractivity (Wildman–Crippen MR) is 98.9 cm³/mol. The highest BCUT2D eigenvalue weighted by atomic mass is 16.1. The van der Waals surface area contributed by atoms with Crippen molar-refractivity contribution < 1.29 is 9.59 Å². The third-order valence-electron chi connectivity index (χ3n) is 2.81. The predicted octanol–water partition coefficient (Wildman–Crippen LogP) is 3.85. The van der Waals surface area contributed by atoms with E-state index in [1.807, 2.05) is 60.7 Å². The number of rotatable bonds is 2. The van der Waals surface area contributed by atoms with Gasteiger partial charge in [0.15, 0.2) is 0 Å². The van der Waals surface area contributed by atoms with Crippen molar-refractivity contribution in [1.82, 2.24) is 0 Å². The van der Waals surface area contributed by atoms with E-state index in [1.54, 1.807) is 24.3 Å². The fourth-order valence-electron chi connectivity index (χ4n) is 1.56. The average molecular weight is 320 g/mol. The topological polar surface area (TPSA) is 86.2 Å². The molecule has 0 aliphatic rings. The molecule has 0 fully saturated rings. The third kappa shape index (κ3) is 8.14. The first-order valence-corrected chi connectivity index (χ1v) is 7.27. The van der Waals surface area contributed by atoms with Gasteiger partial charge in [-0.1, -0.05) is 60.7 Å². The number of nitrogen functional groups attached to an aromatic ring is 2. The number of nitrogens with two attached hydrogens (primary N) is 2. The quantitative estimate of drug-likeness (QED) is 0.554. The van der Waals surface area contributed by atoms with Crippen LogP contribution in [0.15, 0.2) is 84.9 Å². The highest BCUT2D eigenvalue weighted by Crippen LogP contribution is 1.98. The number of hydrogen-bond acceptors (Lipinski definition) is 4. The van der Waals surface area contributed by atoms with Crippen LogP contribution in [0.5, 0.6) is 0 Å². The third-order valence-corrected chi connectivity index (χ3v) is 2.81. The van der Waals surface area contributed by atoms with Crippen LogP contribution >= 0.6 is 0 Å². The largest absolute Gasteiger partial charge is 0.399 e. The van der Waals surface area contributed by atoms with Crippen LogP contribution in [0.4, 0.5) is 11.4 Å². The van der Waals surface area contributed by atoms with E-state index in [4.69, 9.17) is 11.5 Å². The molecule has 0 atom stereocenters. The van der Waals surface area contributed by atoms with Gasteiger partial charge in [-0.3, -0.25) is 9.59 Å². The van der Waals surface area contributed by atoms with Gasteiger partial charge >= 0.3 is 0 Å². The summed E-state index contributed by atoms with van der Waals surface area (Å²) in [6, 6.07) is 25.4. The summed E-state index contributed by atoms with van der Waals surface area (Å²) in [6.07, 6.45) is 1.49. The Kier molecular flexibility index (Phi) is 8.71. The van der Waals surface area contributed by atoms with E-state index in [0.717, 1.165) is 23.9 Å². The van der Waals surface area contributed by atoms with Crippen LogP contribution < -0.4 is 11.5 Å². The molecule has 0 amide bonds. The van der Waals surface area contributed by atoms with Gasteiger partial charge in [-0.05, 0) is 24.3 Å². The second kappa shape index (κ2) is 11.2. The lowest BCUT2D eigenvalue weighted by Gasteiger charge is -1.88. The Morgan fingerprint density at radius 3 is 0.958 bits per heavy atom. The van der Waals surface area contributed by atoms with Crippen LogP contribution in [-0.2, 0) is 0 Å². The molecule has 0 saturated carbocycles. The lowest BCUT2D eigenvalue weighted by atomic mass is 10.2. The van der Waals surface area contributed by atoms with E-state index >= 15 is 0 Å². The van der Waals surface area contributed by atoms with Gasteiger partial charge in [0, 0.05) is 22.5 Å². The number of anilines is 2. The van der Waals surface area contributed by atoms with Gasteiger partial charge in [0.1, 0.15) is 12.6 Å². The molecule has 0 aliphatic heterocycles. The fourth-order valence-corrected chi connectivity index (χ4v) is 1.56. The van der Waals surface area contributed by atoms with Gasteiger partial charge in [0.05, 0.1) is 0 Å². The van der Waals surface area contributed by atoms with Crippen molar-refractivity contribution in [2.24, 2.45) is 0 Å². The molecule has 4 N–H and O–H groups in total. The Morgan fingerprint density at radius 2 is 0.792 bits per heavy atom. The van der Waals surface area contributed by atoms with Gasteiger partial charge in [-0.15, -0.1) is 0 Å². The average Bonchev–Trinajstić information content (AvgIpc) is 2.64. The minimum absolute atomic E-state index is 0.589. The molecule has 3 aromatic carbocycles. The first-order valence-electron chi connectivity index (χ1n) is 7.27. The van der Waals surface area contributed by atoms with Gasteiger partial charge in [0.25, 0.3) is 0 Å². The molecular formula is C20H20N2O2. The molecule has 3 aromatic rings. The van der Waals surface area contributed by atoms with Gasteiger partial charge < -0.3 is 11.5 Å². The maximum atomic E-state index is 10.1. The van der Waals surface area contributed by atoms with E-state index in [9.17, 15) is 9.59 Å². The number of para-hydroxylation sites is 2.